The summed E-state index contributed by atoms with van der Waals surface area (Å²) in [5.74, 6) is 0.381. The molecule has 2 amide bonds. The second-order valence-electron chi connectivity index (χ2n) is 5.18. The van der Waals surface area contributed by atoms with Gasteiger partial charge in [-0.05, 0) is 32.9 Å². The van der Waals surface area contributed by atoms with Gasteiger partial charge in [0, 0.05) is 19.3 Å². The van der Waals surface area contributed by atoms with E-state index >= 15 is 0 Å². The van der Waals surface area contributed by atoms with Crippen molar-refractivity contribution in [3.8, 4) is 0 Å². The number of thioether (sulfide) groups is 1. The minimum Gasteiger partial charge on any atom is -0.369 e. The molecule has 2 rings (SSSR count). The van der Waals surface area contributed by atoms with Crippen LogP contribution in [0, 0.1) is 6.92 Å². The van der Waals surface area contributed by atoms with E-state index in [9.17, 15) is 9.59 Å². The number of anilines is 2. The Bertz CT molecular complexity index is 741. The molecule has 0 fully saturated rings. The summed E-state index contributed by atoms with van der Waals surface area (Å²) in [6.45, 7) is 7.67. The SMILES string of the molecule is CCN(CC)c1ccc(C(=O)Nc2nc(C)c(SCC(N)=O)s2)cn1. The summed E-state index contributed by atoms with van der Waals surface area (Å²) in [5.41, 5.74) is 6.38. The van der Waals surface area contributed by atoms with Crippen molar-refractivity contribution in [3.63, 3.8) is 0 Å². The predicted octanol–water partition coefficient (Wildman–Crippen LogP) is 2.52. The van der Waals surface area contributed by atoms with Gasteiger partial charge in [-0.15, -0.1) is 11.8 Å². The highest BCUT2D eigenvalue weighted by molar-refractivity contribution is 8.01. The fourth-order valence-electron chi connectivity index (χ4n) is 2.13. The molecule has 25 heavy (non-hydrogen) atoms. The molecule has 2 aromatic rings. The molecule has 2 heterocycles. The Morgan fingerprint density at radius 3 is 2.60 bits per heavy atom. The summed E-state index contributed by atoms with van der Waals surface area (Å²) in [5, 5.41) is 3.26. The average Bonchev–Trinajstić information content (AvgIpc) is 2.94. The van der Waals surface area contributed by atoms with E-state index < -0.39 is 0 Å². The van der Waals surface area contributed by atoms with Crippen LogP contribution in [0.15, 0.2) is 22.5 Å². The first-order chi connectivity index (χ1) is 11.9. The van der Waals surface area contributed by atoms with E-state index in [1.807, 2.05) is 13.0 Å². The lowest BCUT2D eigenvalue weighted by Crippen LogP contribution is -2.23. The molecule has 134 valence electrons. The Labute approximate surface area is 155 Å². The number of carbonyl (C=O) groups excluding carboxylic acids is 2. The van der Waals surface area contributed by atoms with Crippen LogP contribution in [0.4, 0.5) is 10.9 Å². The van der Waals surface area contributed by atoms with Gasteiger partial charge in [-0.3, -0.25) is 14.9 Å². The lowest BCUT2D eigenvalue weighted by atomic mass is 10.2. The number of hydrogen-bond donors (Lipinski definition) is 2. The van der Waals surface area contributed by atoms with Crippen molar-refractivity contribution in [1.82, 2.24) is 9.97 Å². The van der Waals surface area contributed by atoms with Gasteiger partial charge in [0.2, 0.25) is 5.91 Å². The third-order valence-corrected chi connectivity index (χ3v) is 5.88. The van der Waals surface area contributed by atoms with Crippen LogP contribution in [0.5, 0.6) is 0 Å². The van der Waals surface area contributed by atoms with Crippen molar-refractivity contribution in [3.05, 3.63) is 29.6 Å². The third-order valence-electron chi connectivity index (χ3n) is 3.42. The summed E-state index contributed by atoms with van der Waals surface area (Å²) in [6, 6.07) is 3.59. The van der Waals surface area contributed by atoms with Gasteiger partial charge in [0.1, 0.15) is 5.82 Å². The lowest BCUT2D eigenvalue weighted by Gasteiger charge is -2.19. The molecule has 0 aromatic carbocycles. The first-order valence-corrected chi connectivity index (χ1v) is 9.65. The third kappa shape index (κ3) is 5.17. The van der Waals surface area contributed by atoms with Crippen LogP contribution in [0.1, 0.15) is 29.9 Å². The quantitative estimate of drug-likeness (QED) is 0.684. The topological polar surface area (TPSA) is 101 Å². The number of nitrogens with two attached hydrogens (primary N) is 1. The zero-order valence-corrected chi connectivity index (χ0v) is 16.0. The Balaban J connectivity index is 2.04. The molecular formula is C16H21N5O2S2. The molecular weight excluding hydrogens is 358 g/mol. The van der Waals surface area contributed by atoms with E-state index in [2.05, 4.69) is 34.0 Å². The minimum absolute atomic E-state index is 0.188. The van der Waals surface area contributed by atoms with Crippen molar-refractivity contribution in [2.45, 2.75) is 25.0 Å². The summed E-state index contributed by atoms with van der Waals surface area (Å²) < 4.78 is 0.865. The van der Waals surface area contributed by atoms with Crippen LogP contribution in [-0.4, -0.2) is 40.6 Å². The number of carbonyl (C=O) groups is 2. The highest BCUT2D eigenvalue weighted by Gasteiger charge is 2.14. The number of pyridine rings is 1. The maximum absolute atomic E-state index is 12.3. The highest BCUT2D eigenvalue weighted by Crippen LogP contribution is 2.32. The van der Waals surface area contributed by atoms with Gasteiger partial charge >= 0.3 is 0 Å². The number of rotatable bonds is 8. The molecule has 3 N–H and O–H groups in total. The molecule has 0 spiro atoms. The Kier molecular flexibility index (Phi) is 6.77. The number of aryl methyl sites for hydroxylation is 1. The van der Waals surface area contributed by atoms with E-state index in [-0.39, 0.29) is 17.6 Å². The van der Waals surface area contributed by atoms with Crippen LogP contribution in [0.3, 0.4) is 0 Å². The highest BCUT2D eigenvalue weighted by atomic mass is 32.2. The van der Waals surface area contributed by atoms with E-state index in [1.54, 1.807) is 12.3 Å². The van der Waals surface area contributed by atoms with Gasteiger partial charge in [-0.1, -0.05) is 11.3 Å². The molecule has 2 aromatic heterocycles. The average molecular weight is 380 g/mol. The second kappa shape index (κ2) is 8.82. The monoisotopic (exact) mass is 379 g/mol. The Morgan fingerprint density at radius 1 is 1.32 bits per heavy atom. The molecule has 0 aliphatic carbocycles. The summed E-state index contributed by atoms with van der Waals surface area (Å²) in [4.78, 5) is 34.0. The largest absolute Gasteiger partial charge is 0.369 e. The maximum atomic E-state index is 12.3. The number of nitrogens with one attached hydrogen (secondary N) is 1. The van der Waals surface area contributed by atoms with E-state index in [0.29, 0.717) is 10.7 Å². The molecule has 0 radical (unpaired) electrons. The van der Waals surface area contributed by atoms with Gasteiger partial charge in [-0.2, -0.15) is 0 Å². The number of thiazole rings is 1. The molecule has 0 aliphatic heterocycles. The van der Waals surface area contributed by atoms with Gasteiger partial charge in [0.15, 0.2) is 5.13 Å². The van der Waals surface area contributed by atoms with Crippen LogP contribution in [0.25, 0.3) is 0 Å². The van der Waals surface area contributed by atoms with Crippen molar-refractivity contribution in [2.75, 3.05) is 29.1 Å². The summed E-state index contributed by atoms with van der Waals surface area (Å²) in [7, 11) is 0. The number of nitrogens with zero attached hydrogens (tertiary/aromatic N) is 3. The standard InChI is InChI=1S/C16H21N5O2S2/c1-4-21(5-2)13-7-6-11(8-18-13)14(23)20-16-19-10(3)15(25-16)24-9-12(17)22/h6-8H,4-5,9H2,1-3H3,(H2,17,22)(H,19,20,23). The fraction of sp³-hybridized carbons (Fsp3) is 0.375. The molecule has 0 aliphatic rings. The van der Waals surface area contributed by atoms with Crippen molar-refractivity contribution >= 4 is 45.9 Å². The molecule has 0 saturated heterocycles. The molecule has 0 atom stereocenters. The molecule has 0 saturated carbocycles. The van der Waals surface area contributed by atoms with Gasteiger partial charge in [-0.25, -0.2) is 9.97 Å². The predicted molar refractivity (Wildman–Crippen MR) is 103 cm³/mol. The van der Waals surface area contributed by atoms with Crippen molar-refractivity contribution in [1.29, 1.82) is 0 Å². The van der Waals surface area contributed by atoms with Crippen LogP contribution >= 0.6 is 23.1 Å². The summed E-state index contributed by atoms with van der Waals surface area (Å²) >= 11 is 2.64. The van der Waals surface area contributed by atoms with E-state index in [1.165, 1.54) is 23.1 Å². The molecule has 7 nitrogen and oxygen atoms in total. The van der Waals surface area contributed by atoms with Gasteiger partial charge < -0.3 is 10.6 Å². The van der Waals surface area contributed by atoms with Crippen molar-refractivity contribution < 1.29 is 9.59 Å². The zero-order chi connectivity index (χ0) is 18.4. The second-order valence-corrected chi connectivity index (χ2v) is 7.42. The lowest BCUT2D eigenvalue weighted by molar-refractivity contribution is -0.115. The van der Waals surface area contributed by atoms with Crippen LogP contribution < -0.4 is 16.0 Å². The Morgan fingerprint density at radius 2 is 2.04 bits per heavy atom. The van der Waals surface area contributed by atoms with Crippen LogP contribution in [0.2, 0.25) is 0 Å². The van der Waals surface area contributed by atoms with Gasteiger partial charge in [0.05, 0.1) is 21.2 Å². The molecule has 0 bridgehead atoms. The number of aromatic nitrogens is 2. The minimum atomic E-state index is -0.386. The fourth-order valence-corrected chi connectivity index (χ4v) is 4.00. The Hall–Kier alpha value is -2.13. The van der Waals surface area contributed by atoms with Gasteiger partial charge in [0.25, 0.3) is 5.91 Å². The first kappa shape index (κ1) is 19.2. The number of primary amides is 1. The summed E-state index contributed by atoms with van der Waals surface area (Å²) in [6.07, 6.45) is 1.56. The zero-order valence-electron chi connectivity index (χ0n) is 14.4. The van der Waals surface area contributed by atoms with Crippen molar-refractivity contribution in [2.24, 2.45) is 5.73 Å². The maximum Gasteiger partial charge on any atom is 0.259 e. The van der Waals surface area contributed by atoms with E-state index in [0.717, 1.165) is 28.8 Å². The first-order valence-electron chi connectivity index (χ1n) is 7.85. The van der Waals surface area contributed by atoms with Crippen LogP contribution in [-0.2, 0) is 4.79 Å². The van der Waals surface area contributed by atoms with E-state index in [4.69, 9.17) is 5.73 Å². The number of amides is 2. The number of hydrogen-bond acceptors (Lipinski definition) is 7. The normalized spacial score (nSPS) is 10.5. The molecule has 0 unspecified atom stereocenters. The smallest absolute Gasteiger partial charge is 0.259 e. The molecule has 9 heteroatoms.